The lowest BCUT2D eigenvalue weighted by Crippen LogP contribution is -2.20. The van der Waals surface area contributed by atoms with Crippen molar-refractivity contribution >= 4 is 11.6 Å². The van der Waals surface area contributed by atoms with Crippen LogP contribution in [0.1, 0.15) is 83.5 Å². The summed E-state index contributed by atoms with van der Waals surface area (Å²) in [5.41, 5.74) is 0. The Morgan fingerprint density at radius 1 is 0.579 bits per heavy atom. The summed E-state index contributed by atoms with van der Waals surface area (Å²) >= 11 is 0. The number of carbonyl (C=O) groups excluding carboxylic acids is 2. The van der Waals surface area contributed by atoms with Gasteiger partial charge in [-0.05, 0) is 25.7 Å². The van der Waals surface area contributed by atoms with Crippen molar-refractivity contribution in [2.24, 2.45) is 11.8 Å². The van der Waals surface area contributed by atoms with Crippen molar-refractivity contribution in [1.82, 2.24) is 0 Å². The predicted molar refractivity (Wildman–Crippen MR) is 77.0 cm³/mol. The van der Waals surface area contributed by atoms with E-state index in [4.69, 9.17) is 0 Å². The first-order chi connectivity index (χ1) is 9.27. The molecule has 0 amide bonds. The Morgan fingerprint density at radius 2 is 0.895 bits per heavy atom. The standard InChI is InChI=1S/C17H28O2/c18-16(14-8-4-1-2-5-9-14)12-13-17(19)15-10-6-3-7-11-15/h14-15H,1-13H2. The molecule has 0 aromatic carbocycles. The summed E-state index contributed by atoms with van der Waals surface area (Å²) in [6.45, 7) is 0. The highest BCUT2D eigenvalue weighted by Crippen LogP contribution is 2.27. The molecule has 0 N–H and O–H groups in total. The third kappa shape index (κ3) is 4.74. The normalized spacial score (nSPS) is 22.9. The molecule has 108 valence electrons. The first-order valence-corrected chi connectivity index (χ1v) is 8.33. The highest BCUT2D eigenvalue weighted by molar-refractivity contribution is 5.88. The Balaban J connectivity index is 1.71. The molecule has 0 bridgehead atoms. The molecule has 0 aliphatic heterocycles. The number of carbonyl (C=O) groups is 2. The van der Waals surface area contributed by atoms with Gasteiger partial charge >= 0.3 is 0 Å². The van der Waals surface area contributed by atoms with Crippen LogP contribution in [0.3, 0.4) is 0 Å². The monoisotopic (exact) mass is 264 g/mol. The van der Waals surface area contributed by atoms with Crippen LogP contribution in [0.5, 0.6) is 0 Å². The molecule has 2 aliphatic rings. The van der Waals surface area contributed by atoms with E-state index in [1.165, 1.54) is 44.9 Å². The van der Waals surface area contributed by atoms with Gasteiger partial charge in [-0.3, -0.25) is 9.59 Å². The Labute approximate surface area is 117 Å². The molecule has 0 heterocycles. The Bertz CT molecular complexity index is 294. The van der Waals surface area contributed by atoms with Crippen LogP contribution in [0.4, 0.5) is 0 Å². The van der Waals surface area contributed by atoms with Crippen molar-refractivity contribution in [1.29, 1.82) is 0 Å². The van der Waals surface area contributed by atoms with Gasteiger partial charge < -0.3 is 0 Å². The van der Waals surface area contributed by atoms with Crippen LogP contribution in [-0.2, 0) is 9.59 Å². The van der Waals surface area contributed by atoms with Crippen LogP contribution in [0.15, 0.2) is 0 Å². The second kappa shape index (κ2) is 7.81. The molecular formula is C17H28O2. The lowest BCUT2D eigenvalue weighted by atomic mass is 9.83. The van der Waals surface area contributed by atoms with E-state index in [1.807, 2.05) is 0 Å². The lowest BCUT2D eigenvalue weighted by Gasteiger charge is -2.20. The minimum atomic E-state index is 0.265. The Morgan fingerprint density at radius 3 is 1.26 bits per heavy atom. The SMILES string of the molecule is O=C(CCC(=O)C1CCCCC1)C1CCCCCC1. The fraction of sp³-hybridized carbons (Fsp3) is 0.882. The summed E-state index contributed by atoms with van der Waals surface area (Å²) < 4.78 is 0. The van der Waals surface area contributed by atoms with E-state index < -0.39 is 0 Å². The van der Waals surface area contributed by atoms with Crippen LogP contribution >= 0.6 is 0 Å². The van der Waals surface area contributed by atoms with Gasteiger partial charge in [0, 0.05) is 24.7 Å². The summed E-state index contributed by atoms with van der Waals surface area (Å²) in [5.74, 6) is 1.27. The molecule has 0 spiro atoms. The van der Waals surface area contributed by atoms with Crippen LogP contribution < -0.4 is 0 Å². The van der Waals surface area contributed by atoms with Gasteiger partial charge in [-0.1, -0.05) is 44.9 Å². The number of rotatable bonds is 5. The van der Waals surface area contributed by atoms with E-state index in [1.54, 1.807) is 0 Å². The van der Waals surface area contributed by atoms with E-state index in [-0.39, 0.29) is 11.8 Å². The zero-order chi connectivity index (χ0) is 13.5. The van der Waals surface area contributed by atoms with Crippen LogP contribution in [0.25, 0.3) is 0 Å². The summed E-state index contributed by atoms with van der Waals surface area (Å²) in [6, 6.07) is 0. The van der Waals surface area contributed by atoms with Crippen molar-refractivity contribution < 1.29 is 9.59 Å². The second-order valence-electron chi connectivity index (χ2n) is 6.46. The molecule has 19 heavy (non-hydrogen) atoms. The zero-order valence-electron chi connectivity index (χ0n) is 12.2. The summed E-state index contributed by atoms with van der Waals surface area (Å²) in [7, 11) is 0. The van der Waals surface area contributed by atoms with Gasteiger partial charge in [-0.25, -0.2) is 0 Å². The molecule has 0 radical (unpaired) electrons. The first-order valence-electron chi connectivity index (χ1n) is 8.33. The summed E-state index contributed by atoms with van der Waals surface area (Å²) in [6.07, 6.45) is 13.9. The third-order valence-corrected chi connectivity index (χ3v) is 4.99. The summed E-state index contributed by atoms with van der Waals surface area (Å²) in [4.78, 5) is 24.3. The number of hydrogen-bond acceptors (Lipinski definition) is 2. The van der Waals surface area contributed by atoms with Crippen molar-refractivity contribution in [2.75, 3.05) is 0 Å². The van der Waals surface area contributed by atoms with Gasteiger partial charge in [0.2, 0.25) is 0 Å². The molecule has 2 aliphatic carbocycles. The Kier molecular flexibility index (Phi) is 6.06. The number of Topliss-reactive ketones (excluding diaryl/α,β-unsaturated/α-hetero) is 2. The molecule has 2 saturated carbocycles. The van der Waals surface area contributed by atoms with Crippen LogP contribution in [0.2, 0.25) is 0 Å². The third-order valence-electron chi connectivity index (χ3n) is 4.99. The highest BCUT2D eigenvalue weighted by Gasteiger charge is 2.24. The van der Waals surface area contributed by atoms with Gasteiger partial charge in [-0.15, -0.1) is 0 Å². The molecule has 2 fully saturated rings. The van der Waals surface area contributed by atoms with E-state index in [0.717, 1.165) is 25.7 Å². The molecule has 2 nitrogen and oxygen atoms in total. The molecule has 2 rings (SSSR count). The maximum absolute atomic E-state index is 12.2. The van der Waals surface area contributed by atoms with Gasteiger partial charge in [0.05, 0.1) is 0 Å². The van der Waals surface area contributed by atoms with Crippen LogP contribution in [-0.4, -0.2) is 11.6 Å². The van der Waals surface area contributed by atoms with Crippen molar-refractivity contribution in [2.45, 2.75) is 83.5 Å². The van der Waals surface area contributed by atoms with E-state index in [9.17, 15) is 9.59 Å². The number of hydrogen-bond donors (Lipinski definition) is 0. The first kappa shape index (κ1) is 14.7. The average Bonchev–Trinajstić information content (AvgIpc) is 2.74. The maximum Gasteiger partial charge on any atom is 0.136 e. The van der Waals surface area contributed by atoms with Crippen molar-refractivity contribution in [3.8, 4) is 0 Å². The Hall–Kier alpha value is -0.660. The largest absolute Gasteiger partial charge is 0.299 e. The van der Waals surface area contributed by atoms with Crippen molar-refractivity contribution in [3.63, 3.8) is 0 Å². The topological polar surface area (TPSA) is 34.1 Å². The molecule has 0 atom stereocenters. The average molecular weight is 264 g/mol. The quantitative estimate of drug-likeness (QED) is 0.687. The minimum absolute atomic E-state index is 0.265. The van der Waals surface area contributed by atoms with Gasteiger partial charge in [0.15, 0.2) is 0 Å². The fourth-order valence-corrected chi connectivity index (χ4v) is 3.68. The van der Waals surface area contributed by atoms with E-state index in [0.29, 0.717) is 24.4 Å². The van der Waals surface area contributed by atoms with Gasteiger partial charge in [0.1, 0.15) is 11.6 Å². The smallest absolute Gasteiger partial charge is 0.136 e. The molecule has 0 saturated heterocycles. The van der Waals surface area contributed by atoms with Crippen molar-refractivity contribution in [3.05, 3.63) is 0 Å². The molecule has 2 heteroatoms. The van der Waals surface area contributed by atoms with Gasteiger partial charge in [-0.2, -0.15) is 0 Å². The molecule has 0 aromatic heterocycles. The lowest BCUT2D eigenvalue weighted by molar-refractivity contribution is -0.128. The summed E-state index contributed by atoms with van der Waals surface area (Å²) in [5, 5.41) is 0. The molecular weight excluding hydrogens is 236 g/mol. The fourth-order valence-electron chi connectivity index (χ4n) is 3.68. The number of ketones is 2. The highest BCUT2D eigenvalue weighted by atomic mass is 16.1. The van der Waals surface area contributed by atoms with E-state index >= 15 is 0 Å². The molecule has 0 unspecified atom stereocenters. The zero-order valence-corrected chi connectivity index (χ0v) is 12.2. The van der Waals surface area contributed by atoms with Gasteiger partial charge in [0.25, 0.3) is 0 Å². The molecule has 0 aromatic rings. The maximum atomic E-state index is 12.2. The van der Waals surface area contributed by atoms with E-state index in [2.05, 4.69) is 0 Å². The predicted octanol–water partition coefficient (Wildman–Crippen LogP) is 4.46. The van der Waals surface area contributed by atoms with Crippen LogP contribution in [0, 0.1) is 11.8 Å². The second-order valence-corrected chi connectivity index (χ2v) is 6.46. The minimum Gasteiger partial charge on any atom is -0.299 e.